The summed E-state index contributed by atoms with van der Waals surface area (Å²) in [6.45, 7) is 0.168. The van der Waals surface area contributed by atoms with Gasteiger partial charge in [-0.15, -0.1) is 10.2 Å². The summed E-state index contributed by atoms with van der Waals surface area (Å²) >= 11 is 0. The number of rotatable bonds is 7. The molecule has 0 saturated heterocycles. The van der Waals surface area contributed by atoms with Crippen molar-refractivity contribution >= 4 is 0 Å². The van der Waals surface area contributed by atoms with E-state index in [1.807, 2.05) is 78.9 Å². The number of hydrogen-bond donors (Lipinski definition) is 0. The minimum Gasteiger partial charge on any atom is -0.496 e. The van der Waals surface area contributed by atoms with Crippen LogP contribution in [0.15, 0.2) is 83.3 Å². The molecule has 0 spiro atoms. The van der Waals surface area contributed by atoms with Crippen LogP contribution in [0.3, 0.4) is 0 Å². The highest BCUT2D eigenvalue weighted by atomic mass is 16.5. The Morgan fingerprint density at radius 2 is 1.43 bits per heavy atom. The molecule has 0 radical (unpaired) electrons. The highest BCUT2D eigenvalue weighted by Crippen LogP contribution is 2.29. The molecule has 1 aromatic heterocycles. The van der Waals surface area contributed by atoms with E-state index in [4.69, 9.17) is 18.6 Å². The van der Waals surface area contributed by atoms with Gasteiger partial charge in [0.05, 0.1) is 12.7 Å². The highest BCUT2D eigenvalue weighted by Gasteiger charge is 2.13. The number of ether oxygens (including phenoxy) is 3. The van der Waals surface area contributed by atoms with Crippen LogP contribution >= 0.6 is 0 Å². The number of benzene rings is 3. The molecule has 0 unspecified atom stereocenters. The number of para-hydroxylation sites is 2. The van der Waals surface area contributed by atoms with Crippen LogP contribution in [-0.2, 0) is 6.61 Å². The average molecular weight is 374 g/mol. The van der Waals surface area contributed by atoms with E-state index in [1.165, 1.54) is 0 Å². The van der Waals surface area contributed by atoms with Crippen LogP contribution in [0.2, 0.25) is 0 Å². The minimum absolute atomic E-state index is 0.168. The van der Waals surface area contributed by atoms with Gasteiger partial charge in [-0.3, -0.25) is 0 Å². The standard InChI is InChI=1S/C22H18N2O4/c1-25-20-10-6-5-9-19(20)22-24-23-21(28-22)15-26-16-11-13-18(14-12-16)27-17-7-3-2-4-8-17/h2-14H,15H2,1H3. The molecular formula is C22H18N2O4. The lowest BCUT2D eigenvalue weighted by Gasteiger charge is -2.07. The van der Waals surface area contributed by atoms with E-state index in [0.717, 1.165) is 17.1 Å². The van der Waals surface area contributed by atoms with Crippen molar-refractivity contribution in [1.29, 1.82) is 0 Å². The van der Waals surface area contributed by atoms with Gasteiger partial charge in [-0.2, -0.15) is 0 Å². The molecular weight excluding hydrogens is 356 g/mol. The van der Waals surface area contributed by atoms with E-state index < -0.39 is 0 Å². The topological polar surface area (TPSA) is 66.6 Å². The first-order chi connectivity index (χ1) is 13.8. The summed E-state index contributed by atoms with van der Waals surface area (Å²) in [4.78, 5) is 0. The van der Waals surface area contributed by atoms with Crippen LogP contribution in [0.4, 0.5) is 0 Å². The first-order valence-corrected chi connectivity index (χ1v) is 8.73. The largest absolute Gasteiger partial charge is 0.496 e. The van der Waals surface area contributed by atoms with E-state index in [0.29, 0.717) is 23.3 Å². The van der Waals surface area contributed by atoms with Gasteiger partial charge in [0.1, 0.15) is 23.0 Å². The van der Waals surface area contributed by atoms with Crippen molar-refractivity contribution in [2.75, 3.05) is 7.11 Å². The predicted octanol–water partition coefficient (Wildman–Crippen LogP) is 5.12. The molecule has 0 atom stereocenters. The monoisotopic (exact) mass is 374 g/mol. The molecule has 0 saturated carbocycles. The molecule has 6 nitrogen and oxygen atoms in total. The van der Waals surface area contributed by atoms with E-state index in [-0.39, 0.29) is 6.61 Å². The van der Waals surface area contributed by atoms with E-state index >= 15 is 0 Å². The molecule has 0 N–H and O–H groups in total. The van der Waals surface area contributed by atoms with E-state index in [2.05, 4.69) is 10.2 Å². The van der Waals surface area contributed by atoms with Crippen molar-refractivity contribution < 1.29 is 18.6 Å². The second-order valence-corrected chi connectivity index (χ2v) is 5.88. The third-order valence-electron chi connectivity index (χ3n) is 3.97. The fourth-order valence-electron chi connectivity index (χ4n) is 2.62. The highest BCUT2D eigenvalue weighted by molar-refractivity contribution is 5.62. The van der Waals surface area contributed by atoms with Gasteiger partial charge < -0.3 is 18.6 Å². The normalized spacial score (nSPS) is 10.5. The Morgan fingerprint density at radius 3 is 2.21 bits per heavy atom. The van der Waals surface area contributed by atoms with Crippen LogP contribution in [0, 0.1) is 0 Å². The summed E-state index contributed by atoms with van der Waals surface area (Å²) in [5.74, 6) is 3.64. The quantitative estimate of drug-likeness (QED) is 0.447. The van der Waals surface area contributed by atoms with Crippen LogP contribution in [0.1, 0.15) is 5.89 Å². The zero-order valence-corrected chi connectivity index (χ0v) is 15.2. The van der Waals surface area contributed by atoms with E-state index in [1.54, 1.807) is 7.11 Å². The average Bonchev–Trinajstić information content (AvgIpc) is 3.23. The molecule has 0 aliphatic rings. The first-order valence-electron chi connectivity index (χ1n) is 8.73. The van der Waals surface area contributed by atoms with Crippen molar-refractivity contribution in [3.05, 3.63) is 84.8 Å². The summed E-state index contributed by atoms with van der Waals surface area (Å²) in [6.07, 6.45) is 0. The second-order valence-electron chi connectivity index (χ2n) is 5.88. The Bertz CT molecular complexity index is 1030. The zero-order chi connectivity index (χ0) is 19.2. The molecule has 4 rings (SSSR count). The molecule has 0 bridgehead atoms. The lowest BCUT2D eigenvalue weighted by atomic mass is 10.2. The predicted molar refractivity (Wildman–Crippen MR) is 104 cm³/mol. The fraction of sp³-hybridized carbons (Fsp3) is 0.0909. The Hall–Kier alpha value is -3.80. The minimum atomic E-state index is 0.168. The molecule has 28 heavy (non-hydrogen) atoms. The van der Waals surface area contributed by atoms with Gasteiger partial charge in [0.2, 0.25) is 0 Å². The van der Waals surface area contributed by atoms with Gasteiger partial charge >= 0.3 is 0 Å². The first kappa shape index (κ1) is 17.6. The second kappa shape index (κ2) is 8.26. The van der Waals surface area contributed by atoms with Crippen LogP contribution in [0.25, 0.3) is 11.5 Å². The fourth-order valence-corrected chi connectivity index (χ4v) is 2.62. The number of hydrogen-bond acceptors (Lipinski definition) is 6. The summed E-state index contributed by atoms with van der Waals surface area (Å²) in [5, 5.41) is 8.11. The lowest BCUT2D eigenvalue weighted by Crippen LogP contribution is -1.95. The van der Waals surface area contributed by atoms with Gasteiger partial charge in [0.25, 0.3) is 11.8 Å². The van der Waals surface area contributed by atoms with Gasteiger partial charge in [0.15, 0.2) is 6.61 Å². The molecule has 0 fully saturated rings. The molecule has 3 aromatic carbocycles. The van der Waals surface area contributed by atoms with Crippen molar-refractivity contribution in [3.63, 3.8) is 0 Å². The third-order valence-corrected chi connectivity index (χ3v) is 3.97. The smallest absolute Gasteiger partial charge is 0.254 e. The summed E-state index contributed by atoms with van der Waals surface area (Å²) in [5.41, 5.74) is 0.742. The van der Waals surface area contributed by atoms with Crippen molar-refractivity contribution in [2.24, 2.45) is 0 Å². The summed E-state index contributed by atoms with van der Waals surface area (Å²) < 4.78 is 22.5. The van der Waals surface area contributed by atoms with Gasteiger partial charge in [-0.1, -0.05) is 30.3 Å². The van der Waals surface area contributed by atoms with Crippen molar-refractivity contribution in [2.45, 2.75) is 6.61 Å². The van der Waals surface area contributed by atoms with Gasteiger partial charge in [0, 0.05) is 0 Å². The Kier molecular flexibility index (Phi) is 5.20. The summed E-state index contributed by atoms with van der Waals surface area (Å²) in [7, 11) is 1.60. The van der Waals surface area contributed by atoms with Crippen molar-refractivity contribution in [3.8, 4) is 34.5 Å². The molecule has 0 amide bonds. The molecule has 1 heterocycles. The van der Waals surface area contributed by atoms with E-state index in [9.17, 15) is 0 Å². The lowest BCUT2D eigenvalue weighted by molar-refractivity contribution is 0.264. The van der Waals surface area contributed by atoms with Crippen LogP contribution in [-0.4, -0.2) is 17.3 Å². The van der Waals surface area contributed by atoms with Gasteiger partial charge in [-0.25, -0.2) is 0 Å². The van der Waals surface area contributed by atoms with Crippen molar-refractivity contribution in [1.82, 2.24) is 10.2 Å². The molecule has 0 aliphatic heterocycles. The maximum absolute atomic E-state index is 5.76. The van der Waals surface area contributed by atoms with Crippen LogP contribution in [0.5, 0.6) is 23.0 Å². The number of methoxy groups -OCH3 is 1. The SMILES string of the molecule is COc1ccccc1-c1nnc(COc2ccc(Oc3ccccc3)cc2)o1. The molecule has 4 aromatic rings. The number of aromatic nitrogens is 2. The molecule has 140 valence electrons. The Balaban J connectivity index is 1.38. The zero-order valence-electron chi connectivity index (χ0n) is 15.2. The Morgan fingerprint density at radius 1 is 0.750 bits per heavy atom. The number of nitrogens with zero attached hydrogens (tertiary/aromatic N) is 2. The van der Waals surface area contributed by atoms with Gasteiger partial charge in [-0.05, 0) is 48.5 Å². The Labute approximate surface area is 162 Å². The molecule has 6 heteroatoms. The molecule has 0 aliphatic carbocycles. The third kappa shape index (κ3) is 4.12. The summed E-state index contributed by atoms with van der Waals surface area (Å²) in [6, 6.07) is 24.4. The maximum atomic E-state index is 5.76. The van der Waals surface area contributed by atoms with Crippen LogP contribution < -0.4 is 14.2 Å². The maximum Gasteiger partial charge on any atom is 0.254 e.